The molecule has 0 aliphatic carbocycles. The average Bonchev–Trinajstić information content (AvgIpc) is 2.92. The van der Waals surface area contributed by atoms with Gasteiger partial charge in [-0.3, -0.25) is 0 Å². The van der Waals surface area contributed by atoms with Crippen LogP contribution in [-0.4, -0.2) is 34.7 Å². The van der Waals surface area contributed by atoms with Crippen LogP contribution in [0.3, 0.4) is 0 Å². The fourth-order valence-corrected chi connectivity index (χ4v) is 2.13. The van der Waals surface area contributed by atoms with Crippen molar-refractivity contribution in [3.63, 3.8) is 0 Å². The highest BCUT2D eigenvalue weighted by Crippen LogP contribution is 2.11. The number of rotatable bonds is 6. The summed E-state index contributed by atoms with van der Waals surface area (Å²) in [6, 6.07) is 3.40. The van der Waals surface area contributed by atoms with Gasteiger partial charge in [-0.05, 0) is 18.1 Å². The van der Waals surface area contributed by atoms with Crippen LogP contribution < -0.4 is 15.5 Å². The quantitative estimate of drug-likeness (QED) is 0.857. The Morgan fingerprint density at radius 1 is 1.30 bits per heavy atom. The molecule has 0 saturated carbocycles. The van der Waals surface area contributed by atoms with E-state index in [2.05, 4.69) is 39.0 Å². The smallest absolute Gasteiger partial charge is 0.319 e. The van der Waals surface area contributed by atoms with Crippen LogP contribution in [0, 0.1) is 5.92 Å². The summed E-state index contributed by atoms with van der Waals surface area (Å²) in [7, 11) is 3.84. The van der Waals surface area contributed by atoms with Crippen LogP contribution in [-0.2, 0) is 13.1 Å². The highest BCUT2D eigenvalue weighted by Gasteiger charge is 2.07. The average molecular weight is 316 g/mol. The number of anilines is 2. The summed E-state index contributed by atoms with van der Waals surface area (Å²) in [6.45, 7) is 5.56. The van der Waals surface area contributed by atoms with Gasteiger partial charge in [-0.25, -0.2) is 14.8 Å². The molecule has 0 spiro atoms. The maximum absolute atomic E-state index is 12.0. The van der Waals surface area contributed by atoms with Crippen LogP contribution in [0.15, 0.2) is 30.7 Å². The molecular weight excluding hydrogens is 292 g/mol. The fraction of sp³-hybridized carbons (Fsp3) is 0.438. The fourth-order valence-electron chi connectivity index (χ4n) is 2.13. The number of urea groups is 1. The molecule has 0 fully saturated rings. The van der Waals surface area contributed by atoms with E-state index in [0.29, 0.717) is 18.2 Å². The minimum absolute atomic E-state index is 0.275. The minimum Gasteiger partial charge on any atom is -0.363 e. The molecule has 2 aromatic heterocycles. The molecule has 0 aliphatic heterocycles. The first-order valence-corrected chi connectivity index (χ1v) is 7.64. The Balaban J connectivity index is 1.87. The number of carbonyl (C=O) groups is 1. The number of hydrogen-bond donors (Lipinski definition) is 2. The normalized spacial score (nSPS) is 10.7. The largest absolute Gasteiger partial charge is 0.363 e. The van der Waals surface area contributed by atoms with E-state index in [0.717, 1.165) is 18.2 Å². The third-order valence-electron chi connectivity index (χ3n) is 3.23. The summed E-state index contributed by atoms with van der Waals surface area (Å²) < 4.78 is 2.05. The molecule has 0 bridgehead atoms. The van der Waals surface area contributed by atoms with Gasteiger partial charge in [0.25, 0.3) is 0 Å². The Hall–Kier alpha value is -2.57. The van der Waals surface area contributed by atoms with Crippen LogP contribution >= 0.6 is 0 Å². The molecule has 0 atom stereocenters. The van der Waals surface area contributed by atoms with Crippen molar-refractivity contribution in [1.82, 2.24) is 19.9 Å². The summed E-state index contributed by atoms with van der Waals surface area (Å²) in [5.74, 6) is 2.21. The van der Waals surface area contributed by atoms with Gasteiger partial charge in [-0.15, -0.1) is 0 Å². The Kier molecular flexibility index (Phi) is 5.56. The Bertz CT molecular complexity index is 632. The van der Waals surface area contributed by atoms with Crippen molar-refractivity contribution in [3.8, 4) is 0 Å². The van der Waals surface area contributed by atoms with Gasteiger partial charge in [0.15, 0.2) is 0 Å². The van der Waals surface area contributed by atoms with Gasteiger partial charge >= 0.3 is 6.03 Å². The van der Waals surface area contributed by atoms with E-state index in [1.54, 1.807) is 12.4 Å². The van der Waals surface area contributed by atoms with Gasteiger partial charge in [-0.2, -0.15) is 0 Å². The lowest BCUT2D eigenvalue weighted by atomic mass is 10.2. The molecule has 0 unspecified atom stereocenters. The monoisotopic (exact) mass is 316 g/mol. The van der Waals surface area contributed by atoms with Crippen molar-refractivity contribution >= 4 is 17.5 Å². The van der Waals surface area contributed by atoms with E-state index >= 15 is 0 Å². The van der Waals surface area contributed by atoms with Crippen LogP contribution in [0.4, 0.5) is 16.3 Å². The molecule has 23 heavy (non-hydrogen) atoms. The van der Waals surface area contributed by atoms with Crippen molar-refractivity contribution in [2.24, 2.45) is 5.92 Å². The van der Waals surface area contributed by atoms with E-state index in [-0.39, 0.29) is 6.03 Å². The van der Waals surface area contributed by atoms with E-state index in [1.807, 2.05) is 37.3 Å². The number of aromatic nitrogens is 3. The summed E-state index contributed by atoms with van der Waals surface area (Å²) in [6.07, 6.45) is 5.31. The predicted molar refractivity (Wildman–Crippen MR) is 91.5 cm³/mol. The zero-order valence-corrected chi connectivity index (χ0v) is 14.1. The van der Waals surface area contributed by atoms with E-state index in [1.165, 1.54) is 0 Å². The number of carbonyl (C=O) groups excluding carboxylic acids is 1. The summed E-state index contributed by atoms with van der Waals surface area (Å²) in [5.41, 5.74) is 0.652. The Morgan fingerprint density at radius 3 is 2.70 bits per heavy atom. The second kappa shape index (κ2) is 7.62. The Morgan fingerprint density at radius 2 is 2.09 bits per heavy atom. The van der Waals surface area contributed by atoms with Crippen LogP contribution in [0.25, 0.3) is 0 Å². The van der Waals surface area contributed by atoms with Gasteiger partial charge in [0.05, 0.1) is 18.4 Å². The van der Waals surface area contributed by atoms with Crippen molar-refractivity contribution in [1.29, 1.82) is 0 Å². The molecule has 0 aromatic carbocycles. The number of nitrogens with zero attached hydrogens (tertiary/aromatic N) is 4. The van der Waals surface area contributed by atoms with Crippen molar-refractivity contribution < 1.29 is 4.79 Å². The van der Waals surface area contributed by atoms with E-state index in [9.17, 15) is 4.79 Å². The molecule has 2 aromatic rings. The number of hydrogen-bond acceptors (Lipinski definition) is 4. The zero-order chi connectivity index (χ0) is 16.8. The summed E-state index contributed by atoms with van der Waals surface area (Å²) in [4.78, 5) is 22.4. The first-order chi connectivity index (χ1) is 11.0. The standard InChI is InChI=1S/C16H24N6O/c1-12(2)11-22-8-7-17-15(22)10-19-16(23)20-13-5-6-14(18-9-13)21(3)4/h5-9,12H,10-11H2,1-4H3,(H2,19,20,23). The molecule has 2 N–H and O–H groups in total. The third-order valence-corrected chi connectivity index (χ3v) is 3.23. The van der Waals surface area contributed by atoms with Gasteiger partial charge in [0, 0.05) is 33.0 Å². The maximum atomic E-state index is 12.0. The molecule has 7 heteroatoms. The number of pyridine rings is 1. The van der Waals surface area contributed by atoms with Crippen molar-refractivity contribution in [3.05, 3.63) is 36.5 Å². The highest BCUT2D eigenvalue weighted by molar-refractivity contribution is 5.89. The Labute approximate surface area is 136 Å². The van der Waals surface area contributed by atoms with Gasteiger partial charge in [0.1, 0.15) is 11.6 Å². The number of amides is 2. The highest BCUT2D eigenvalue weighted by atomic mass is 16.2. The van der Waals surface area contributed by atoms with Crippen molar-refractivity contribution in [2.45, 2.75) is 26.9 Å². The van der Waals surface area contributed by atoms with Crippen LogP contribution in [0.1, 0.15) is 19.7 Å². The number of imidazole rings is 1. The SMILES string of the molecule is CC(C)Cn1ccnc1CNC(=O)Nc1ccc(N(C)C)nc1. The first kappa shape index (κ1) is 16.8. The van der Waals surface area contributed by atoms with Crippen molar-refractivity contribution in [2.75, 3.05) is 24.3 Å². The van der Waals surface area contributed by atoms with Gasteiger partial charge < -0.3 is 20.1 Å². The van der Waals surface area contributed by atoms with Crippen LogP contribution in [0.5, 0.6) is 0 Å². The number of nitrogens with one attached hydrogen (secondary N) is 2. The summed E-state index contributed by atoms with van der Waals surface area (Å²) in [5, 5.41) is 5.58. The van der Waals surface area contributed by atoms with Gasteiger partial charge in [0.2, 0.25) is 0 Å². The molecule has 124 valence electrons. The lowest BCUT2D eigenvalue weighted by molar-refractivity contribution is 0.251. The first-order valence-electron chi connectivity index (χ1n) is 7.64. The maximum Gasteiger partial charge on any atom is 0.319 e. The molecule has 7 nitrogen and oxygen atoms in total. The minimum atomic E-state index is -0.275. The summed E-state index contributed by atoms with van der Waals surface area (Å²) >= 11 is 0. The molecule has 2 amide bonds. The van der Waals surface area contributed by atoms with Gasteiger partial charge in [-0.1, -0.05) is 13.8 Å². The zero-order valence-electron chi connectivity index (χ0n) is 14.1. The molecule has 0 radical (unpaired) electrons. The topological polar surface area (TPSA) is 75.1 Å². The van der Waals surface area contributed by atoms with E-state index < -0.39 is 0 Å². The van der Waals surface area contributed by atoms with Crippen LogP contribution in [0.2, 0.25) is 0 Å². The second-order valence-corrected chi connectivity index (χ2v) is 6.00. The molecule has 2 heterocycles. The second-order valence-electron chi connectivity index (χ2n) is 6.00. The third kappa shape index (κ3) is 4.98. The molecular formula is C16H24N6O. The molecule has 0 saturated heterocycles. The molecule has 2 rings (SSSR count). The predicted octanol–water partition coefficient (Wildman–Crippen LogP) is 2.32. The lowest BCUT2D eigenvalue weighted by Gasteiger charge is -2.13. The van der Waals surface area contributed by atoms with E-state index in [4.69, 9.17) is 0 Å². The molecule has 0 aliphatic rings. The lowest BCUT2D eigenvalue weighted by Crippen LogP contribution is -2.29.